The van der Waals surface area contributed by atoms with Gasteiger partial charge in [-0.05, 0) is 59.8 Å². The number of hydrogen-bond acceptors (Lipinski definition) is 9. The van der Waals surface area contributed by atoms with Crippen molar-refractivity contribution in [2.75, 3.05) is 18.6 Å². The van der Waals surface area contributed by atoms with Crippen molar-refractivity contribution in [2.45, 2.75) is 19.6 Å². The fraction of sp³-hybridized carbons (Fsp3) is 0.156. The molecule has 0 aliphatic carbocycles. The van der Waals surface area contributed by atoms with Crippen LogP contribution >= 0.6 is 22.7 Å². The highest BCUT2D eigenvalue weighted by molar-refractivity contribution is 7.22. The zero-order chi connectivity index (χ0) is 29.2. The molecule has 0 spiro atoms. The van der Waals surface area contributed by atoms with Crippen LogP contribution in [0.1, 0.15) is 33.8 Å². The van der Waals surface area contributed by atoms with Crippen molar-refractivity contribution in [1.29, 1.82) is 0 Å². The first-order valence-electron chi connectivity index (χ1n) is 13.2. The molecule has 1 N–H and O–H groups in total. The lowest BCUT2D eigenvalue weighted by Crippen LogP contribution is -2.31. The minimum absolute atomic E-state index is 0.0169. The predicted molar refractivity (Wildman–Crippen MR) is 163 cm³/mol. The average molecular weight is 599 g/mol. The molecule has 5 aromatic rings. The van der Waals surface area contributed by atoms with Crippen molar-refractivity contribution >= 4 is 49.7 Å². The zero-order valence-corrected chi connectivity index (χ0v) is 24.4. The Morgan fingerprint density at radius 2 is 1.83 bits per heavy atom. The van der Waals surface area contributed by atoms with Gasteiger partial charge in [-0.2, -0.15) is 0 Å². The number of benzene rings is 3. The monoisotopic (exact) mass is 598 g/mol. The number of aliphatic hydroxyl groups excluding tert-OH is 1. The summed E-state index contributed by atoms with van der Waals surface area (Å²) in [4.78, 5) is 33.9. The maximum Gasteiger partial charge on any atom is 0.296 e. The van der Waals surface area contributed by atoms with Gasteiger partial charge in [-0.1, -0.05) is 53.8 Å². The van der Waals surface area contributed by atoms with Gasteiger partial charge in [0.15, 0.2) is 22.4 Å². The van der Waals surface area contributed by atoms with E-state index < -0.39 is 23.5 Å². The fourth-order valence-electron chi connectivity index (χ4n) is 4.85. The third-order valence-corrected chi connectivity index (χ3v) is 8.69. The van der Waals surface area contributed by atoms with E-state index in [1.807, 2.05) is 55.5 Å². The third-order valence-electron chi connectivity index (χ3n) is 6.80. The van der Waals surface area contributed by atoms with Crippen LogP contribution in [0.4, 0.5) is 5.13 Å². The number of aliphatic hydroxyl groups is 1. The number of aromatic nitrogens is 1. The van der Waals surface area contributed by atoms with Gasteiger partial charge >= 0.3 is 0 Å². The van der Waals surface area contributed by atoms with E-state index in [-0.39, 0.29) is 5.57 Å². The van der Waals surface area contributed by atoms with Crippen LogP contribution in [-0.2, 0) is 11.4 Å². The van der Waals surface area contributed by atoms with Gasteiger partial charge in [-0.15, -0.1) is 11.3 Å². The number of Topliss-reactive ketones (excluding diaryl/α,β-unsaturated/α-hetero) is 1. The molecule has 1 amide bonds. The van der Waals surface area contributed by atoms with Crippen molar-refractivity contribution in [3.8, 4) is 17.2 Å². The van der Waals surface area contributed by atoms with E-state index in [9.17, 15) is 14.7 Å². The second-order valence-corrected chi connectivity index (χ2v) is 11.3. The summed E-state index contributed by atoms with van der Waals surface area (Å²) in [5, 5.41) is 13.3. The van der Waals surface area contributed by atoms with E-state index in [2.05, 4.69) is 0 Å². The Hall–Kier alpha value is -4.67. The first-order valence-corrected chi connectivity index (χ1v) is 14.9. The van der Waals surface area contributed by atoms with Crippen LogP contribution in [0.5, 0.6) is 17.2 Å². The molecule has 1 unspecified atom stereocenters. The highest BCUT2D eigenvalue weighted by Gasteiger charge is 2.46. The number of thiazole rings is 1. The van der Waals surface area contributed by atoms with Crippen molar-refractivity contribution in [1.82, 2.24) is 4.98 Å². The topological polar surface area (TPSA) is 98.2 Å². The largest absolute Gasteiger partial charge is 0.503 e. The summed E-state index contributed by atoms with van der Waals surface area (Å²) < 4.78 is 18.1. The van der Waals surface area contributed by atoms with Gasteiger partial charge in [0, 0.05) is 0 Å². The van der Waals surface area contributed by atoms with Crippen molar-refractivity contribution in [3.63, 3.8) is 0 Å². The Morgan fingerprint density at radius 1 is 1.00 bits per heavy atom. The van der Waals surface area contributed by atoms with Crippen molar-refractivity contribution in [3.05, 3.63) is 112 Å². The Labute approximate surface area is 250 Å². The molecule has 0 saturated carbocycles. The molecular formula is C32H26N2O6S2. The summed E-state index contributed by atoms with van der Waals surface area (Å²) in [6.45, 7) is 2.76. The molecule has 0 saturated heterocycles. The molecule has 0 radical (unpaired) electrons. The highest BCUT2D eigenvalue weighted by atomic mass is 32.1. The van der Waals surface area contributed by atoms with E-state index in [1.54, 1.807) is 35.7 Å². The van der Waals surface area contributed by atoms with E-state index in [1.165, 1.54) is 34.7 Å². The van der Waals surface area contributed by atoms with Crippen molar-refractivity contribution in [2.24, 2.45) is 0 Å². The van der Waals surface area contributed by atoms with Crippen LogP contribution in [0.2, 0.25) is 0 Å². The number of carbonyl (C=O) groups excluding carboxylic acids is 2. The van der Waals surface area contributed by atoms with Gasteiger partial charge < -0.3 is 19.3 Å². The van der Waals surface area contributed by atoms with E-state index in [4.69, 9.17) is 19.2 Å². The molecule has 6 rings (SSSR count). The Bertz CT molecular complexity index is 1800. The molecule has 42 heavy (non-hydrogen) atoms. The lowest BCUT2D eigenvalue weighted by molar-refractivity contribution is -0.117. The van der Waals surface area contributed by atoms with Crippen molar-refractivity contribution < 1.29 is 28.9 Å². The molecule has 3 heterocycles. The zero-order valence-electron chi connectivity index (χ0n) is 22.8. The molecule has 0 bridgehead atoms. The number of anilines is 1. The molecule has 1 aliphatic heterocycles. The van der Waals surface area contributed by atoms with Gasteiger partial charge in [0.2, 0.25) is 5.78 Å². The number of nitrogens with zero attached hydrogens (tertiary/aromatic N) is 2. The van der Waals surface area contributed by atoms with Gasteiger partial charge in [0.25, 0.3) is 5.91 Å². The molecular weight excluding hydrogens is 572 g/mol. The lowest BCUT2D eigenvalue weighted by atomic mass is 9.95. The molecule has 1 aliphatic rings. The maximum absolute atomic E-state index is 13.7. The third kappa shape index (κ3) is 5.10. The molecule has 2 aromatic heterocycles. The standard InChI is InChI=1S/C32H26N2O6S2/c1-3-39-21-12-13-22-26(17-21)42-32(33-22)34-28(27(30(36)31(34)37)29(35)25-10-7-15-41-25)20-11-14-23(24(16-20)38-2)40-18-19-8-5-4-6-9-19/h4-17,28,36H,3,18H2,1-2H3. The molecule has 10 heteroatoms. The van der Waals surface area contributed by atoms with Gasteiger partial charge in [-0.25, -0.2) is 4.98 Å². The lowest BCUT2D eigenvalue weighted by Gasteiger charge is -2.25. The smallest absolute Gasteiger partial charge is 0.296 e. The molecule has 0 fully saturated rings. The molecule has 3 aromatic carbocycles. The predicted octanol–water partition coefficient (Wildman–Crippen LogP) is 7.13. The SMILES string of the molecule is CCOc1ccc2nc(N3C(=O)C(O)=C(C(=O)c4cccs4)C3c3ccc(OCc4ccccc4)c(OC)c3)sc2c1. The second kappa shape index (κ2) is 11.7. The number of carbonyl (C=O) groups is 2. The Kier molecular flexibility index (Phi) is 7.64. The summed E-state index contributed by atoms with van der Waals surface area (Å²) in [6.07, 6.45) is 0. The molecule has 1 atom stereocenters. The van der Waals surface area contributed by atoms with Gasteiger partial charge in [0.05, 0.1) is 40.4 Å². The Balaban J connectivity index is 1.42. The number of fused-ring (bicyclic) bond motifs is 1. The average Bonchev–Trinajstić information content (AvgIpc) is 3.75. The minimum atomic E-state index is -0.948. The van der Waals surface area contributed by atoms with Crippen LogP contribution in [0, 0.1) is 0 Å². The summed E-state index contributed by atoms with van der Waals surface area (Å²) in [5.41, 5.74) is 2.21. The number of rotatable bonds is 10. The van der Waals surface area contributed by atoms with Crippen LogP contribution < -0.4 is 19.1 Å². The van der Waals surface area contributed by atoms with Crippen LogP contribution in [0.25, 0.3) is 10.2 Å². The number of hydrogen-bond donors (Lipinski definition) is 1. The van der Waals surface area contributed by atoms with Crippen LogP contribution in [-0.4, -0.2) is 35.5 Å². The quantitative estimate of drug-likeness (QED) is 0.171. The van der Waals surface area contributed by atoms with E-state index >= 15 is 0 Å². The number of methoxy groups -OCH3 is 1. The fourth-order valence-corrected chi connectivity index (χ4v) is 6.55. The van der Waals surface area contributed by atoms with E-state index in [0.717, 1.165) is 10.3 Å². The van der Waals surface area contributed by atoms with Crippen LogP contribution in [0.3, 0.4) is 0 Å². The summed E-state index contributed by atoms with van der Waals surface area (Å²) in [7, 11) is 1.53. The first kappa shape index (κ1) is 27.5. The number of thiophene rings is 1. The normalized spacial score (nSPS) is 15.0. The first-order chi connectivity index (χ1) is 20.5. The second-order valence-electron chi connectivity index (χ2n) is 9.39. The van der Waals surface area contributed by atoms with Crippen LogP contribution in [0.15, 0.2) is 95.6 Å². The number of amides is 1. The minimum Gasteiger partial charge on any atom is -0.503 e. The molecule has 8 nitrogen and oxygen atoms in total. The van der Waals surface area contributed by atoms with Gasteiger partial charge in [-0.3, -0.25) is 14.5 Å². The summed E-state index contributed by atoms with van der Waals surface area (Å²) in [6, 6.07) is 23.0. The van der Waals surface area contributed by atoms with Gasteiger partial charge in [0.1, 0.15) is 12.4 Å². The number of ether oxygens (including phenoxy) is 3. The molecule has 212 valence electrons. The maximum atomic E-state index is 13.7. The summed E-state index contributed by atoms with van der Waals surface area (Å²) in [5.74, 6) is -0.107. The highest BCUT2D eigenvalue weighted by Crippen LogP contribution is 2.46. The Morgan fingerprint density at radius 3 is 2.57 bits per heavy atom. The number of ketones is 1. The van der Waals surface area contributed by atoms with E-state index in [0.29, 0.717) is 51.6 Å². The summed E-state index contributed by atoms with van der Waals surface area (Å²) >= 11 is 2.52.